The van der Waals surface area contributed by atoms with Gasteiger partial charge in [-0.2, -0.15) is 0 Å². The standard InChI is InChI=1S/C19H18O.C4H10/c1-12(2)15-9-10-16(13(3)11-15)19-14(4)17-7-5-6-8-18(17)20-19;1-3-4-2/h5-12H,3-4H2,1-2H3;3-4H2,1-2H3/b19-16+;. The number of fused-ring (bicyclic) bond motifs is 1. The molecule has 1 nitrogen and oxygen atoms in total. The van der Waals surface area contributed by atoms with Crippen LogP contribution in [-0.2, 0) is 0 Å². The summed E-state index contributed by atoms with van der Waals surface area (Å²) in [6.07, 6.45) is 2.64. The maximum Gasteiger partial charge on any atom is 0.142 e. The monoisotopic (exact) mass is 320 g/mol. The van der Waals surface area contributed by atoms with E-state index in [0.717, 1.165) is 32.0 Å². The lowest BCUT2D eigenvalue weighted by molar-refractivity contribution is 0.578. The molecule has 0 aliphatic carbocycles. The van der Waals surface area contributed by atoms with Crippen LogP contribution in [0.15, 0.2) is 46.9 Å². The van der Waals surface area contributed by atoms with Gasteiger partial charge in [-0.3, -0.25) is 0 Å². The number of para-hydroxylation sites is 1. The lowest BCUT2D eigenvalue weighted by Gasteiger charge is -2.03. The van der Waals surface area contributed by atoms with Gasteiger partial charge in [0.1, 0.15) is 11.0 Å². The summed E-state index contributed by atoms with van der Waals surface area (Å²) in [5.41, 5.74) is 2.99. The van der Waals surface area contributed by atoms with Crippen molar-refractivity contribution in [3.63, 3.8) is 0 Å². The highest BCUT2D eigenvalue weighted by atomic mass is 16.3. The van der Waals surface area contributed by atoms with Gasteiger partial charge in [-0.05, 0) is 22.8 Å². The van der Waals surface area contributed by atoms with Crippen molar-refractivity contribution in [2.24, 2.45) is 0 Å². The van der Waals surface area contributed by atoms with Crippen LogP contribution >= 0.6 is 0 Å². The first-order valence-electron chi connectivity index (χ1n) is 8.79. The van der Waals surface area contributed by atoms with E-state index in [4.69, 9.17) is 4.42 Å². The van der Waals surface area contributed by atoms with Crippen LogP contribution in [0.1, 0.15) is 52.0 Å². The molecule has 0 saturated heterocycles. The van der Waals surface area contributed by atoms with E-state index in [0.29, 0.717) is 5.92 Å². The Bertz CT molecular complexity index is 991. The zero-order valence-corrected chi connectivity index (χ0v) is 15.4. The number of rotatable bonds is 2. The van der Waals surface area contributed by atoms with Crippen LogP contribution in [0.5, 0.6) is 0 Å². The predicted molar refractivity (Wildman–Crippen MR) is 105 cm³/mol. The average Bonchev–Trinajstić information content (AvgIpc) is 2.92. The molecule has 0 bridgehead atoms. The van der Waals surface area contributed by atoms with Crippen molar-refractivity contribution in [1.29, 1.82) is 0 Å². The second-order valence-corrected chi connectivity index (χ2v) is 6.48. The normalized spacial score (nSPS) is 12.2. The van der Waals surface area contributed by atoms with Crippen molar-refractivity contribution in [1.82, 2.24) is 0 Å². The summed E-state index contributed by atoms with van der Waals surface area (Å²) in [7, 11) is 0. The molecule has 0 amide bonds. The van der Waals surface area contributed by atoms with Gasteiger partial charge in [0.2, 0.25) is 0 Å². The van der Waals surface area contributed by atoms with Crippen molar-refractivity contribution in [2.45, 2.75) is 46.5 Å². The first-order valence-corrected chi connectivity index (χ1v) is 8.79. The lowest BCUT2D eigenvalue weighted by atomic mass is 10.0. The largest absolute Gasteiger partial charge is 0.455 e. The van der Waals surface area contributed by atoms with E-state index in [2.05, 4.69) is 59.1 Å². The lowest BCUT2D eigenvalue weighted by Crippen LogP contribution is -2.06. The Hall–Kier alpha value is -2.28. The predicted octanol–water partition coefficient (Wildman–Crippen LogP) is 5.47. The molecule has 1 aromatic heterocycles. The van der Waals surface area contributed by atoms with Crippen LogP contribution in [0.4, 0.5) is 0 Å². The SMILES string of the molecule is C=c1cc(C(C)C)cc/c1=c1\oc2ccccc2c1=C.CCCC. The summed E-state index contributed by atoms with van der Waals surface area (Å²) in [6, 6.07) is 14.3. The van der Waals surface area contributed by atoms with E-state index in [1.165, 1.54) is 18.4 Å². The highest BCUT2D eigenvalue weighted by Crippen LogP contribution is 2.13. The van der Waals surface area contributed by atoms with Gasteiger partial charge >= 0.3 is 0 Å². The molecule has 0 radical (unpaired) electrons. The fraction of sp³-hybridized carbons (Fsp3) is 0.304. The van der Waals surface area contributed by atoms with Crippen molar-refractivity contribution in [2.75, 3.05) is 0 Å². The average molecular weight is 320 g/mol. The third-order valence-corrected chi connectivity index (χ3v) is 4.24. The summed E-state index contributed by atoms with van der Waals surface area (Å²) in [4.78, 5) is 0. The molecule has 24 heavy (non-hydrogen) atoms. The van der Waals surface area contributed by atoms with E-state index in [-0.39, 0.29) is 0 Å². The van der Waals surface area contributed by atoms with Gasteiger partial charge in [-0.25, -0.2) is 0 Å². The van der Waals surface area contributed by atoms with Gasteiger partial charge in [0, 0.05) is 15.8 Å². The third kappa shape index (κ3) is 3.79. The molecule has 1 heterocycles. The Balaban J connectivity index is 0.000000471. The summed E-state index contributed by atoms with van der Waals surface area (Å²) < 4.78 is 5.96. The molecule has 0 unspecified atom stereocenters. The number of unbranched alkanes of at least 4 members (excludes halogenated alkanes) is 1. The molecule has 3 aromatic rings. The highest BCUT2D eigenvalue weighted by Gasteiger charge is 2.02. The smallest absolute Gasteiger partial charge is 0.142 e. The zero-order valence-electron chi connectivity index (χ0n) is 15.4. The molecular formula is C23H28O. The first-order chi connectivity index (χ1) is 11.5. The first kappa shape index (κ1) is 18.1. The van der Waals surface area contributed by atoms with Crippen LogP contribution in [0, 0.1) is 10.6 Å². The number of hydrogen-bond acceptors (Lipinski definition) is 1. The number of benzene rings is 2. The van der Waals surface area contributed by atoms with Gasteiger partial charge in [-0.1, -0.05) is 90.1 Å². The van der Waals surface area contributed by atoms with E-state index >= 15 is 0 Å². The topological polar surface area (TPSA) is 13.1 Å². The third-order valence-electron chi connectivity index (χ3n) is 4.24. The molecule has 0 spiro atoms. The maximum absolute atomic E-state index is 5.96. The minimum Gasteiger partial charge on any atom is -0.455 e. The Kier molecular flexibility index (Phi) is 6.03. The van der Waals surface area contributed by atoms with Crippen LogP contribution in [0.3, 0.4) is 0 Å². The van der Waals surface area contributed by atoms with Crippen molar-refractivity contribution < 1.29 is 4.42 Å². The minimum atomic E-state index is 0.499. The van der Waals surface area contributed by atoms with Crippen LogP contribution in [0.2, 0.25) is 0 Å². The van der Waals surface area contributed by atoms with Gasteiger partial charge in [-0.15, -0.1) is 0 Å². The maximum atomic E-state index is 5.96. The summed E-state index contributed by atoms with van der Waals surface area (Å²) in [6.45, 7) is 17.1. The van der Waals surface area contributed by atoms with E-state index in [1.54, 1.807) is 0 Å². The molecule has 2 aromatic carbocycles. The minimum absolute atomic E-state index is 0.499. The van der Waals surface area contributed by atoms with E-state index < -0.39 is 0 Å². The Morgan fingerprint density at radius 3 is 2.17 bits per heavy atom. The van der Waals surface area contributed by atoms with E-state index in [9.17, 15) is 0 Å². The Labute approximate surface area is 144 Å². The van der Waals surface area contributed by atoms with Gasteiger partial charge in [0.05, 0.1) is 0 Å². The molecule has 0 N–H and O–H groups in total. The van der Waals surface area contributed by atoms with E-state index in [1.807, 2.05) is 24.3 Å². The summed E-state index contributed by atoms with van der Waals surface area (Å²) >= 11 is 0. The second-order valence-electron chi connectivity index (χ2n) is 6.48. The van der Waals surface area contributed by atoms with Gasteiger partial charge in [0.15, 0.2) is 0 Å². The van der Waals surface area contributed by atoms with Crippen LogP contribution in [0.25, 0.3) is 24.1 Å². The zero-order chi connectivity index (χ0) is 17.7. The number of hydrogen-bond donors (Lipinski definition) is 0. The Morgan fingerprint density at radius 2 is 1.62 bits per heavy atom. The molecule has 0 aliphatic rings. The molecule has 126 valence electrons. The quantitative estimate of drug-likeness (QED) is 0.610. The van der Waals surface area contributed by atoms with Crippen molar-refractivity contribution in [3.8, 4) is 0 Å². The number of furan rings is 1. The van der Waals surface area contributed by atoms with Crippen LogP contribution < -0.4 is 10.4 Å². The molecule has 0 fully saturated rings. The second kappa shape index (κ2) is 8.01. The molecule has 0 saturated carbocycles. The van der Waals surface area contributed by atoms with Gasteiger partial charge < -0.3 is 4.42 Å². The molecular weight excluding hydrogens is 292 g/mol. The van der Waals surface area contributed by atoms with Crippen molar-refractivity contribution in [3.05, 3.63) is 69.1 Å². The molecule has 1 heteroatoms. The fourth-order valence-corrected chi connectivity index (χ4v) is 2.51. The summed E-state index contributed by atoms with van der Waals surface area (Å²) in [5, 5.41) is 4.01. The molecule has 3 rings (SSSR count). The van der Waals surface area contributed by atoms with Gasteiger partial charge in [0.25, 0.3) is 0 Å². The Morgan fingerprint density at radius 1 is 0.958 bits per heavy atom. The molecule has 0 aliphatic heterocycles. The van der Waals surface area contributed by atoms with Crippen molar-refractivity contribution >= 4 is 24.1 Å². The highest BCUT2D eigenvalue weighted by molar-refractivity contribution is 5.77. The van der Waals surface area contributed by atoms with Crippen LogP contribution in [-0.4, -0.2) is 0 Å². The summed E-state index contributed by atoms with van der Waals surface area (Å²) in [5.74, 6) is 0.499. The fourth-order valence-electron chi connectivity index (χ4n) is 2.51. The molecule has 0 atom stereocenters.